The van der Waals surface area contributed by atoms with Crippen molar-refractivity contribution in [1.82, 2.24) is 0 Å². The number of anilines is 1. The zero-order valence-corrected chi connectivity index (χ0v) is 10.9. The van der Waals surface area contributed by atoms with Gasteiger partial charge in [-0.3, -0.25) is 10.1 Å². The Kier molecular flexibility index (Phi) is 4.34. The number of ether oxygens (including phenoxy) is 1. The van der Waals surface area contributed by atoms with Gasteiger partial charge in [0.15, 0.2) is 0 Å². The first-order valence-corrected chi connectivity index (χ1v) is 6.40. The van der Waals surface area contributed by atoms with Gasteiger partial charge in [0.1, 0.15) is 5.69 Å². The molecule has 1 aliphatic rings. The van der Waals surface area contributed by atoms with E-state index in [1.807, 2.05) is 11.8 Å². The summed E-state index contributed by atoms with van der Waals surface area (Å²) in [5.41, 5.74) is 1.20. The molecule has 1 saturated heterocycles. The fourth-order valence-electron chi connectivity index (χ4n) is 2.27. The number of rotatable bonds is 4. The summed E-state index contributed by atoms with van der Waals surface area (Å²) in [5.74, 6) is 0. The van der Waals surface area contributed by atoms with Crippen LogP contribution >= 0.6 is 0 Å². The molecular weight excluding hydrogens is 248 g/mol. The molecule has 0 radical (unpaired) electrons. The maximum atomic E-state index is 11.1. The van der Waals surface area contributed by atoms with E-state index in [-0.39, 0.29) is 18.4 Å². The summed E-state index contributed by atoms with van der Waals surface area (Å²) in [6.45, 7) is 3.74. The highest BCUT2D eigenvalue weighted by Crippen LogP contribution is 2.30. The molecule has 2 rings (SSSR count). The number of nitro benzene ring substituents is 1. The van der Waals surface area contributed by atoms with E-state index in [1.54, 1.807) is 12.1 Å². The molecule has 1 aromatic rings. The highest BCUT2D eigenvalue weighted by molar-refractivity contribution is 5.64. The highest BCUT2D eigenvalue weighted by Gasteiger charge is 2.25. The van der Waals surface area contributed by atoms with Crippen LogP contribution in [0.2, 0.25) is 0 Å². The molecule has 104 valence electrons. The Morgan fingerprint density at radius 3 is 3.00 bits per heavy atom. The lowest BCUT2D eigenvalue weighted by Crippen LogP contribution is -2.42. The van der Waals surface area contributed by atoms with E-state index < -0.39 is 4.92 Å². The van der Waals surface area contributed by atoms with Crippen molar-refractivity contribution in [3.63, 3.8) is 0 Å². The van der Waals surface area contributed by atoms with Gasteiger partial charge >= 0.3 is 0 Å². The van der Waals surface area contributed by atoms with Gasteiger partial charge in [0.25, 0.3) is 5.69 Å². The monoisotopic (exact) mass is 266 g/mol. The van der Waals surface area contributed by atoms with E-state index >= 15 is 0 Å². The molecule has 0 spiro atoms. The van der Waals surface area contributed by atoms with Crippen LogP contribution < -0.4 is 4.90 Å². The number of hydrogen-bond donors (Lipinski definition) is 1. The summed E-state index contributed by atoms with van der Waals surface area (Å²) >= 11 is 0. The molecule has 0 saturated carbocycles. The lowest BCUT2D eigenvalue weighted by Gasteiger charge is -2.33. The van der Waals surface area contributed by atoms with Gasteiger partial charge in [0.2, 0.25) is 0 Å². The second-order valence-corrected chi connectivity index (χ2v) is 4.59. The third-order valence-electron chi connectivity index (χ3n) is 3.35. The first-order chi connectivity index (χ1) is 9.15. The zero-order valence-electron chi connectivity index (χ0n) is 10.9. The molecule has 1 fully saturated rings. The van der Waals surface area contributed by atoms with Gasteiger partial charge in [-0.2, -0.15) is 0 Å². The summed E-state index contributed by atoms with van der Waals surface area (Å²) in [5, 5.41) is 20.2. The predicted molar refractivity (Wildman–Crippen MR) is 71.3 cm³/mol. The van der Waals surface area contributed by atoms with E-state index in [0.29, 0.717) is 30.9 Å². The highest BCUT2D eigenvalue weighted by atomic mass is 16.6. The van der Waals surface area contributed by atoms with Gasteiger partial charge in [-0.25, -0.2) is 0 Å². The fraction of sp³-hybridized carbons (Fsp3) is 0.538. The van der Waals surface area contributed by atoms with E-state index in [2.05, 4.69) is 0 Å². The van der Waals surface area contributed by atoms with Crippen LogP contribution in [0.3, 0.4) is 0 Å². The Bertz CT molecular complexity index is 464. The Hall–Kier alpha value is -1.66. The molecule has 1 aromatic carbocycles. The quantitative estimate of drug-likeness (QED) is 0.663. The largest absolute Gasteiger partial charge is 0.392 e. The van der Waals surface area contributed by atoms with Crippen LogP contribution in [0.15, 0.2) is 18.2 Å². The first kappa shape index (κ1) is 13.8. The van der Waals surface area contributed by atoms with Crippen LogP contribution in [-0.2, 0) is 11.3 Å². The van der Waals surface area contributed by atoms with Gasteiger partial charge < -0.3 is 14.7 Å². The molecular formula is C13H18N2O4. The molecule has 1 atom stereocenters. The van der Waals surface area contributed by atoms with E-state index in [4.69, 9.17) is 9.84 Å². The van der Waals surface area contributed by atoms with Gasteiger partial charge in [0, 0.05) is 19.2 Å². The summed E-state index contributed by atoms with van der Waals surface area (Å²) in [4.78, 5) is 12.7. The molecule has 0 amide bonds. The van der Waals surface area contributed by atoms with Crippen LogP contribution in [0, 0.1) is 10.1 Å². The van der Waals surface area contributed by atoms with E-state index in [1.165, 1.54) is 6.07 Å². The molecule has 0 aromatic heterocycles. The van der Waals surface area contributed by atoms with Gasteiger partial charge in [-0.15, -0.1) is 0 Å². The summed E-state index contributed by atoms with van der Waals surface area (Å²) in [6, 6.07) is 4.87. The van der Waals surface area contributed by atoms with Crippen LogP contribution in [0.1, 0.15) is 18.9 Å². The number of morpholine rings is 1. The van der Waals surface area contributed by atoms with Crippen molar-refractivity contribution in [2.45, 2.75) is 26.1 Å². The van der Waals surface area contributed by atoms with Gasteiger partial charge in [-0.1, -0.05) is 13.0 Å². The average Bonchev–Trinajstić information content (AvgIpc) is 2.46. The van der Waals surface area contributed by atoms with Crippen molar-refractivity contribution in [2.75, 3.05) is 24.6 Å². The van der Waals surface area contributed by atoms with Crippen molar-refractivity contribution >= 4 is 11.4 Å². The number of hydrogen-bond acceptors (Lipinski definition) is 5. The number of aliphatic hydroxyl groups excluding tert-OH is 1. The molecule has 1 unspecified atom stereocenters. The smallest absolute Gasteiger partial charge is 0.292 e. The Morgan fingerprint density at radius 1 is 1.58 bits per heavy atom. The minimum absolute atomic E-state index is 0.0447. The number of nitro groups is 1. The topological polar surface area (TPSA) is 75.8 Å². The average molecular weight is 266 g/mol. The van der Waals surface area contributed by atoms with Crippen LogP contribution in [-0.4, -0.2) is 35.8 Å². The molecule has 0 aliphatic carbocycles. The lowest BCUT2D eigenvalue weighted by atomic mass is 10.1. The number of aliphatic hydroxyl groups is 1. The van der Waals surface area contributed by atoms with Crippen molar-refractivity contribution in [2.24, 2.45) is 0 Å². The van der Waals surface area contributed by atoms with Crippen LogP contribution in [0.25, 0.3) is 0 Å². The zero-order chi connectivity index (χ0) is 13.8. The Balaban J connectivity index is 2.30. The minimum atomic E-state index is -0.398. The van der Waals surface area contributed by atoms with Crippen molar-refractivity contribution in [3.8, 4) is 0 Å². The Morgan fingerprint density at radius 2 is 2.37 bits per heavy atom. The van der Waals surface area contributed by atoms with Crippen molar-refractivity contribution in [3.05, 3.63) is 33.9 Å². The molecule has 6 heteroatoms. The van der Waals surface area contributed by atoms with E-state index in [0.717, 1.165) is 6.42 Å². The molecule has 1 N–H and O–H groups in total. The maximum absolute atomic E-state index is 11.1. The standard InChI is InChI=1S/C13H18N2O4/c1-2-11-8-14(5-6-19-11)12-4-3-10(9-16)7-13(12)15(17)18/h3-4,7,11,16H,2,5-6,8-9H2,1H3. The maximum Gasteiger partial charge on any atom is 0.292 e. The SMILES string of the molecule is CCC1CN(c2ccc(CO)cc2[N+](=O)[O-])CCO1. The molecule has 0 bridgehead atoms. The van der Waals surface area contributed by atoms with Crippen LogP contribution in [0.4, 0.5) is 11.4 Å². The number of nitrogens with zero attached hydrogens (tertiary/aromatic N) is 2. The third-order valence-corrected chi connectivity index (χ3v) is 3.35. The summed E-state index contributed by atoms with van der Waals surface area (Å²) in [7, 11) is 0. The summed E-state index contributed by atoms with van der Waals surface area (Å²) in [6.07, 6.45) is 1.00. The van der Waals surface area contributed by atoms with Crippen molar-refractivity contribution < 1.29 is 14.8 Å². The minimum Gasteiger partial charge on any atom is -0.392 e. The Labute approximate surface area is 111 Å². The third kappa shape index (κ3) is 3.02. The lowest BCUT2D eigenvalue weighted by molar-refractivity contribution is -0.384. The second-order valence-electron chi connectivity index (χ2n) is 4.59. The summed E-state index contributed by atoms with van der Waals surface area (Å²) < 4.78 is 5.57. The van der Waals surface area contributed by atoms with Gasteiger partial charge in [-0.05, 0) is 18.1 Å². The molecule has 19 heavy (non-hydrogen) atoms. The second kappa shape index (κ2) is 5.99. The fourth-order valence-corrected chi connectivity index (χ4v) is 2.27. The molecule has 6 nitrogen and oxygen atoms in total. The first-order valence-electron chi connectivity index (χ1n) is 6.40. The number of benzene rings is 1. The molecule has 1 aliphatic heterocycles. The van der Waals surface area contributed by atoms with Crippen molar-refractivity contribution in [1.29, 1.82) is 0 Å². The van der Waals surface area contributed by atoms with Crippen LogP contribution in [0.5, 0.6) is 0 Å². The van der Waals surface area contributed by atoms with Gasteiger partial charge in [0.05, 0.1) is 24.2 Å². The predicted octanol–water partition coefficient (Wildman–Crippen LogP) is 1.70. The molecule has 1 heterocycles. The normalized spacial score (nSPS) is 19.5. The van der Waals surface area contributed by atoms with E-state index in [9.17, 15) is 10.1 Å².